The number of hydrogen-bond acceptors (Lipinski definition) is 5. The Kier molecular flexibility index (Phi) is 5.40. The van der Waals surface area contributed by atoms with Crippen molar-refractivity contribution in [2.45, 2.75) is 0 Å². The van der Waals surface area contributed by atoms with Gasteiger partial charge in [0, 0.05) is 31.9 Å². The SMILES string of the molecule is COc1ccc(N2CCN(C)CC2)cc1NC(=O)Oc1ccccc1. The van der Waals surface area contributed by atoms with Crippen LogP contribution in [0.2, 0.25) is 0 Å². The average molecular weight is 341 g/mol. The number of nitrogens with zero attached hydrogens (tertiary/aromatic N) is 2. The van der Waals surface area contributed by atoms with Gasteiger partial charge in [-0.3, -0.25) is 5.32 Å². The summed E-state index contributed by atoms with van der Waals surface area (Å²) < 4.78 is 10.7. The van der Waals surface area contributed by atoms with Crippen LogP contribution in [0.4, 0.5) is 16.2 Å². The number of nitrogens with one attached hydrogen (secondary N) is 1. The van der Waals surface area contributed by atoms with Crippen LogP contribution in [0.15, 0.2) is 48.5 Å². The number of benzene rings is 2. The van der Waals surface area contributed by atoms with E-state index in [1.54, 1.807) is 19.2 Å². The van der Waals surface area contributed by atoms with E-state index >= 15 is 0 Å². The predicted octanol–water partition coefficient (Wildman–Crippen LogP) is 3.06. The molecule has 25 heavy (non-hydrogen) atoms. The summed E-state index contributed by atoms with van der Waals surface area (Å²) >= 11 is 0. The van der Waals surface area contributed by atoms with E-state index < -0.39 is 6.09 Å². The molecule has 2 aromatic rings. The first kappa shape index (κ1) is 17.1. The van der Waals surface area contributed by atoms with Gasteiger partial charge in [0.15, 0.2) is 0 Å². The number of methoxy groups -OCH3 is 1. The lowest BCUT2D eigenvalue weighted by Crippen LogP contribution is -2.44. The van der Waals surface area contributed by atoms with Gasteiger partial charge in [-0.05, 0) is 37.4 Å². The van der Waals surface area contributed by atoms with Crippen LogP contribution in [-0.4, -0.2) is 51.3 Å². The fourth-order valence-electron chi connectivity index (χ4n) is 2.79. The number of hydrogen-bond donors (Lipinski definition) is 1. The molecule has 1 fully saturated rings. The second-order valence-corrected chi connectivity index (χ2v) is 6.00. The highest BCUT2D eigenvalue weighted by Crippen LogP contribution is 2.30. The molecule has 6 heteroatoms. The van der Waals surface area contributed by atoms with Gasteiger partial charge in [0.1, 0.15) is 11.5 Å². The molecule has 1 aliphatic rings. The predicted molar refractivity (Wildman–Crippen MR) is 98.8 cm³/mol. The van der Waals surface area contributed by atoms with Crippen LogP contribution in [0.3, 0.4) is 0 Å². The summed E-state index contributed by atoms with van der Waals surface area (Å²) in [6.45, 7) is 3.95. The number of carbonyl (C=O) groups excluding carboxylic acids is 1. The van der Waals surface area contributed by atoms with Crippen molar-refractivity contribution in [2.24, 2.45) is 0 Å². The molecule has 1 N–H and O–H groups in total. The molecule has 3 rings (SSSR count). The number of amides is 1. The van der Waals surface area contributed by atoms with Gasteiger partial charge in [-0.2, -0.15) is 0 Å². The van der Waals surface area contributed by atoms with E-state index in [0.717, 1.165) is 31.9 Å². The Morgan fingerprint density at radius 2 is 1.76 bits per heavy atom. The van der Waals surface area contributed by atoms with Gasteiger partial charge in [0.25, 0.3) is 0 Å². The Bertz CT molecular complexity index is 713. The topological polar surface area (TPSA) is 54.0 Å². The molecule has 1 heterocycles. The van der Waals surface area contributed by atoms with Crippen molar-refractivity contribution < 1.29 is 14.3 Å². The maximum atomic E-state index is 12.2. The van der Waals surface area contributed by atoms with Gasteiger partial charge >= 0.3 is 6.09 Å². The van der Waals surface area contributed by atoms with Gasteiger partial charge in [-0.1, -0.05) is 18.2 Å². The van der Waals surface area contributed by atoms with E-state index in [2.05, 4.69) is 22.2 Å². The second-order valence-electron chi connectivity index (χ2n) is 6.00. The van der Waals surface area contributed by atoms with Crippen LogP contribution in [-0.2, 0) is 0 Å². The molecule has 6 nitrogen and oxygen atoms in total. The zero-order valence-electron chi connectivity index (χ0n) is 14.6. The fraction of sp³-hybridized carbons (Fsp3) is 0.316. The van der Waals surface area contributed by atoms with E-state index in [4.69, 9.17) is 9.47 Å². The molecule has 0 bridgehead atoms. The van der Waals surface area contributed by atoms with Crippen LogP contribution < -0.4 is 19.7 Å². The molecule has 132 valence electrons. The Balaban J connectivity index is 1.72. The molecule has 0 aliphatic carbocycles. The third-order valence-corrected chi connectivity index (χ3v) is 4.24. The molecule has 0 spiro atoms. The highest BCUT2D eigenvalue weighted by atomic mass is 16.6. The van der Waals surface area contributed by atoms with Gasteiger partial charge < -0.3 is 19.3 Å². The van der Waals surface area contributed by atoms with Gasteiger partial charge in [-0.15, -0.1) is 0 Å². The van der Waals surface area contributed by atoms with E-state index in [1.807, 2.05) is 36.4 Å². The molecule has 1 saturated heterocycles. The minimum absolute atomic E-state index is 0.495. The molecule has 0 unspecified atom stereocenters. The highest BCUT2D eigenvalue weighted by Gasteiger charge is 2.17. The number of likely N-dealkylation sites (N-methyl/N-ethyl adjacent to an activating group) is 1. The van der Waals surface area contributed by atoms with Gasteiger partial charge in [-0.25, -0.2) is 4.79 Å². The fourth-order valence-corrected chi connectivity index (χ4v) is 2.79. The number of ether oxygens (including phenoxy) is 2. The maximum Gasteiger partial charge on any atom is 0.417 e. The van der Waals surface area contributed by atoms with Crippen LogP contribution in [0.1, 0.15) is 0 Å². The van der Waals surface area contributed by atoms with Gasteiger partial charge in [0.05, 0.1) is 12.8 Å². The van der Waals surface area contributed by atoms with Crippen molar-refractivity contribution in [3.63, 3.8) is 0 Å². The third kappa shape index (κ3) is 4.42. The Morgan fingerprint density at radius 1 is 1.04 bits per heavy atom. The van der Waals surface area contributed by atoms with E-state index in [0.29, 0.717) is 17.2 Å². The molecule has 0 aromatic heterocycles. The molecular weight excluding hydrogens is 318 g/mol. The minimum atomic E-state index is -0.542. The number of rotatable bonds is 4. The summed E-state index contributed by atoms with van der Waals surface area (Å²) in [5.41, 5.74) is 1.66. The monoisotopic (exact) mass is 341 g/mol. The number of para-hydroxylation sites is 1. The molecular formula is C19H23N3O3. The quantitative estimate of drug-likeness (QED) is 0.926. The van der Waals surface area contributed by atoms with Crippen molar-refractivity contribution >= 4 is 17.5 Å². The summed E-state index contributed by atoms with van der Waals surface area (Å²) in [5, 5.41) is 2.77. The summed E-state index contributed by atoms with van der Waals surface area (Å²) in [5.74, 6) is 1.09. The summed E-state index contributed by atoms with van der Waals surface area (Å²) in [7, 11) is 3.70. The van der Waals surface area contributed by atoms with Gasteiger partial charge in [0.2, 0.25) is 0 Å². The van der Waals surface area contributed by atoms with Crippen molar-refractivity contribution in [1.82, 2.24) is 4.90 Å². The normalized spacial score (nSPS) is 14.9. The number of anilines is 2. The zero-order valence-corrected chi connectivity index (χ0v) is 14.6. The lowest BCUT2D eigenvalue weighted by molar-refractivity contribution is 0.215. The Labute approximate surface area is 147 Å². The first-order valence-electron chi connectivity index (χ1n) is 8.31. The second kappa shape index (κ2) is 7.90. The molecule has 0 radical (unpaired) electrons. The largest absolute Gasteiger partial charge is 0.495 e. The Morgan fingerprint density at radius 3 is 2.44 bits per heavy atom. The van der Waals surface area contributed by atoms with E-state index in [-0.39, 0.29) is 0 Å². The highest BCUT2D eigenvalue weighted by molar-refractivity contribution is 5.89. The van der Waals surface area contributed by atoms with Crippen molar-refractivity contribution in [3.05, 3.63) is 48.5 Å². The summed E-state index contributed by atoms with van der Waals surface area (Å²) in [4.78, 5) is 16.8. The van der Waals surface area contributed by atoms with Crippen LogP contribution in [0.25, 0.3) is 0 Å². The van der Waals surface area contributed by atoms with E-state index in [9.17, 15) is 4.79 Å². The maximum absolute atomic E-state index is 12.2. The minimum Gasteiger partial charge on any atom is -0.495 e. The smallest absolute Gasteiger partial charge is 0.417 e. The first-order valence-corrected chi connectivity index (χ1v) is 8.31. The average Bonchev–Trinajstić information content (AvgIpc) is 2.63. The van der Waals surface area contributed by atoms with Crippen molar-refractivity contribution in [2.75, 3.05) is 50.6 Å². The molecule has 1 aliphatic heterocycles. The molecule has 0 atom stereocenters. The van der Waals surface area contributed by atoms with Crippen LogP contribution in [0, 0.1) is 0 Å². The molecule has 1 amide bonds. The van der Waals surface area contributed by atoms with Crippen LogP contribution >= 0.6 is 0 Å². The number of piperazine rings is 1. The van der Waals surface area contributed by atoms with Crippen molar-refractivity contribution in [1.29, 1.82) is 0 Å². The van der Waals surface area contributed by atoms with Crippen molar-refractivity contribution in [3.8, 4) is 11.5 Å². The lowest BCUT2D eigenvalue weighted by Gasteiger charge is -2.34. The van der Waals surface area contributed by atoms with E-state index in [1.165, 1.54) is 0 Å². The summed E-state index contributed by atoms with van der Waals surface area (Å²) in [6.07, 6.45) is -0.542. The Hall–Kier alpha value is -2.73. The third-order valence-electron chi connectivity index (χ3n) is 4.24. The standard InChI is InChI=1S/C19H23N3O3/c1-21-10-12-22(13-11-21)15-8-9-18(24-2)17(14-15)20-19(23)25-16-6-4-3-5-7-16/h3-9,14H,10-13H2,1-2H3,(H,20,23). The summed E-state index contributed by atoms with van der Waals surface area (Å²) in [6, 6.07) is 14.8. The lowest BCUT2D eigenvalue weighted by atomic mass is 10.2. The molecule has 2 aromatic carbocycles. The zero-order chi connectivity index (χ0) is 17.6. The molecule has 0 saturated carbocycles. The van der Waals surface area contributed by atoms with Crippen LogP contribution in [0.5, 0.6) is 11.5 Å². The number of carbonyl (C=O) groups is 1. The first-order chi connectivity index (χ1) is 12.2.